The van der Waals surface area contributed by atoms with Crippen LogP contribution in [0, 0.1) is 6.92 Å². The molecule has 0 atom stereocenters. The van der Waals surface area contributed by atoms with Gasteiger partial charge in [0.1, 0.15) is 5.82 Å². The van der Waals surface area contributed by atoms with Gasteiger partial charge in [-0.1, -0.05) is 0 Å². The monoisotopic (exact) mass is 257 g/mol. The number of nitrogens with zero attached hydrogens (tertiary/aromatic N) is 2. The van der Waals surface area contributed by atoms with E-state index in [0.717, 1.165) is 5.69 Å². The maximum Gasteiger partial charge on any atom is 0.337 e. The molecule has 2 aromatic rings. The number of carbonyl (C=O) groups excluding carboxylic acids is 1. The van der Waals surface area contributed by atoms with Crippen LogP contribution < -0.4 is 5.32 Å². The van der Waals surface area contributed by atoms with E-state index in [4.69, 9.17) is 5.11 Å². The van der Waals surface area contributed by atoms with Crippen LogP contribution in [0.4, 0.5) is 5.82 Å². The van der Waals surface area contributed by atoms with Gasteiger partial charge in [-0.25, -0.2) is 9.78 Å². The maximum atomic E-state index is 11.8. The smallest absolute Gasteiger partial charge is 0.337 e. The van der Waals surface area contributed by atoms with Gasteiger partial charge in [0.25, 0.3) is 5.91 Å². The minimum atomic E-state index is -1.06. The third-order valence-electron chi connectivity index (χ3n) is 2.43. The molecule has 0 spiro atoms. The number of carbonyl (C=O) groups is 2. The van der Waals surface area contributed by atoms with Crippen molar-refractivity contribution in [2.45, 2.75) is 6.92 Å². The predicted octanol–water partition coefficient (Wildman–Crippen LogP) is 1.74. The Balaban J connectivity index is 2.10. The van der Waals surface area contributed by atoms with Gasteiger partial charge < -0.3 is 10.4 Å². The standard InChI is InChI=1S/C13H11N3O3/c1-8-2-3-9(6-14-8)12(17)16-11-5-4-10(7-15-11)13(18)19/h2-7H,1H3,(H,18,19)(H,15,16,17). The number of pyridine rings is 2. The van der Waals surface area contributed by atoms with E-state index in [-0.39, 0.29) is 17.3 Å². The quantitative estimate of drug-likeness (QED) is 0.873. The summed E-state index contributed by atoms with van der Waals surface area (Å²) < 4.78 is 0. The van der Waals surface area contributed by atoms with Crippen molar-refractivity contribution < 1.29 is 14.7 Å². The van der Waals surface area contributed by atoms with Crippen LogP contribution in [0.25, 0.3) is 0 Å². The van der Waals surface area contributed by atoms with Crippen molar-refractivity contribution >= 4 is 17.7 Å². The van der Waals surface area contributed by atoms with E-state index in [0.29, 0.717) is 5.56 Å². The first kappa shape index (κ1) is 12.7. The number of anilines is 1. The zero-order valence-corrected chi connectivity index (χ0v) is 10.1. The molecule has 1 amide bonds. The molecule has 0 radical (unpaired) electrons. The summed E-state index contributed by atoms with van der Waals surface area (Å²) in [6.45, 7) is 1.83. The molecular formula is C13H11N3O3. The highest BCUT2D eigenvalue weighted by Crippen LogP contribution is 2.08. The fourth-order valence-electron chi connectivity index (χ4n) is 1.38. The van der Waals surface area contributed by atoms with Crippen LogP contribution in [0.3, 0.4) is 0 Å². The van der Waals surface area contributed by atoms with Crippen LogP contribution >= 0.6 is 0 Å². The summed E-state index contributed by atoms with van der Waals surface area (Å²) in [7, 11) is 0. The van der Waals surface area contributed by atoms with E-state index in [1.54, 1.807) is 12.1 Å². The largest absolute Gasteiger partial charge is 0.478 e. The van der Waals surface area contributed by atoms with Gasteiger partial charge in [0.05, 0.1) is 11.1 Å². The first-order chi connectivity index (χ1) is 9.06. The molecule has 96 valence electrons. The molecule has 0 saturated carbocycles. The first-order valence-corrected chi connectivity index (χ1v) is 5.49. The third-order valence-corrected chi connectivity index (χ3v) is 2.43. The molecule has 2 N–H and O–H groups in total. The van der Waals surface area contributed by atoms with Gasteiger partial charge in [-0.3, -0.25) is 9.78 Å². The summed E-state index contributed by atoms with van der Waals surface area (Å²) in [5.74, 6) is -1.12. The molecule has 0 saturated heterocycles. The summed E-state index contributed by atoms with van der Waals surface area (Å²) in [5, 5.41) is 11.3. The average molecular weight is 257 g/mol. The number of aromatic nitrogens is 2. The van der Waals surface area contributed by atoms with Gasteiger partial charge in [-0.15, -0.1) is 0 Å². The number of amides is 1. The van der Waals surface area contributed by atoms with E-state index in [9.17, 15) is 9.59 Å². The highest BCUT2D eigenvalue weighted by Gasteiger charge is 2.08. The molecule has 0 aromatic carbocycles. The Morgan fingerprint density at radius 1 is 1.05 bits per heavy atom. The topological polar surface area (TPSA) is 92.2 Å². The van der Waals surface area contributed by atoms with E-state index in [1.807, 2.05) is 6.92 Å². The molecule has 0 unspecified atom stereocenters. The molecule has 0 aliphatic rings. The SMILES string of the molecule is Cc1ccc(C(=O)Nc2ccc(C(=O)O)cn2)cn1. The minimum Gasteiger partial charge on any atom is -0.478 e. The fraction of sp³-hybridized carbons (Fsp3) is 0.0769. The average Bonchev–Trinajstić information content (AvgIpc) is 2.40. The Labute approximate surface area is 109 Å². The second-order valence-corrected chi connectivity index (χ2v) is 3.88. The van der Waals surface area contributed by atoms with Crippen molar-refractivity contribution in [3.05, 3.63) is 53.5 Å². The minimum absolute atomic E-state index is 0.0648. The summed E-state index contributed by atoms with van der Waals surface area (Å²) in [6.07, 6.45) is 2.65. The number of aryl methyl sites for hydroxylation is 1. The van der Waals surface area contributed by atoms with Gasteiger partial charge >= 0.3 is 5.97 Å². The third kappa shape index (κ3) is 3.12. The Morgan fingerprint density at radius 3 is 2.26 bits per heavy atom. The van der Waals surface area contributed by atoms with Gasteiger partial charge in [0.2, 0.25) is 0 Å². The lowest BCUT2D eigenvalue weighted by molar-refractivity contribution is 0.0696. The molecule has 0 fully saturated rings. The number of aromatic carboxylic acids is 1. The van der Waals surface area contributed by atoms with Gasteiger partial charge in [-0.05, 0) is 31.2 Å². The molecular weight excluding hydrogens is 246 g/mol. The lowest BCUT2D eigenvalue weighted by Crippen LogP contribution is -2.13. The maximum absolute atomic E-state index is 11.8. The number of hydrogen-bond donors (Lipinski definition) is 2. The normalized spacial score (nSPS) is 9.95. The van der Waals surface area contributed by atoms with Crippen molar-refractivity contribution in [2.24, 2.45) is 0 Å². The summed E-state index contributed by atoms with van der Waals surface area (Å²) in [4.78, 5) is 30.4. The zero-order chi connectivity index (χ0) is 13.8. The fourth-order valence-corrected chi connectivity index (χ4v) is 1.38. The van der Waals surface area contributed by atoms with E-state index in [2.05, 4.69) is 15.3 Å². The molecule has 0 bridgehead atoms. The number of hydrogen-bond acceptors (Lipinski definition) is 4. The summed E-state index contributed by atoms with van der Waals surface area (Å²) >= 11 is 0. The Morgan fingerprint density at radius 2 is 1.74 bits per heavy atom. The van der Waals surface area contributed by atoms with Crippen molar-refractivity contribution in [3.8, 4) is 0 Å². The Hall–Kier alpha value is -2.76. The number of nitrogens with one attached hydrogen (secondary N) is 1. The molecule has 19 heavy (non-hydrogen) atoms. The van der Waals surface area contributed by atoms with Gasteiger partial charge in [-0.2, -0.15) is 0 Å². The van der Waals surface area contributed by atoms with Crippen LogP contribution in [-0.4, -0.2) is 27.0 Å². The zero-order valence-electron chi connectivity index (χ0n) is 10.1. The number of carboxylic acids is 1. The van der Waals surface area contributed by atoms with Crippen molar-refractivity contribution in [2.75, 3.05) is 5.32 Å². The van der Waals surface area contributed by atoms with Crippen LogP contribution in [0.1, 0.15) is 26.4 Å². The van der Waals surface area contributed by atoms with Crippen LogP contribution in [0.15, 0.2) is 36.7 Å². The first-order valence-electron chi connectivity index (χ1n) is 5.49. The number of carboxylic acid groups (broad SMARTS) is 1. The second-order valence-electron chi connectivity index (χ2n) is 3.88. The lowest BCUT2D eigenvalue weighted by atomic mass is 10.2. The molecule has 6 nitrogen and oxygen atoms in total. The second kappa shape index (κ2) is 5.26. The lowest BCUT2D eigenvalue weighted by Gasteiger charge is -2.04. The van der Waals surface area contributed by atoms with E-state index in [1.165, 1.54) is 24.5 Å². The van der Waals surface area contributed by atoms with E-state index >= 15 is 0 Å². The number of rotatable bonds is 3. The van der Waals surface area contributed by atoms with Crippen LogP contribution in [0.5, 0.6) is 0 Å². The van der Waals surface area contributed by atoms with Gasteiger partial charge in [0, 0.05) is 18.1 Å². The molecule has 2 rings (SSSR count). The van der Waals surface area contributed by atoms with Crippen molar-refractivity contribution in [3.63, 3.8) is 0 Å². The van der Waals surface area contributed by atoms with Crippen LogP contribution in [0.2, 0.25) is 0 Å². The molecule has 0 aliphatic carbocycles. The highest BCUT2D eigenvalue weighted by atomic mass is 16.4. The van der Waals surface area contributed by atoms with Gasteiger partial charge in [0.15, 0.2) is 0 Å². The van der Waals surface area contributed by atoms with E-state index < -0.39 is 5.97 Å². The molecule has 6 heteroatoms. The summed E-state index contributed by atoms with van der Waals surface area (Å²) in [5.41, 5.74) is 1.30. The molecule has 2 heterocycles. The van der Waals surface area contributed by atoms with Crippen molar-refractivity contribution in [1.29, 1.82) is 0 Å². The van der Waals surface area contributed by atoms with Crippen LogP contribution in [-0.2, 0) is 0 Å². The van der Waals surface area contributed by atoms with Crippen molar-refractivity contribution in [1.82, 2.24) is 9.97 Å². The predicted molar refractivity (Wildman–Crippen MR) is 68.1 cm³/mol. The Kier molecular flexibility index (Phi) is 3.51. The Bertz CT molecular complexity index is 606. The molecule has 2 aromatic heterocycles. The highest BCUT2D eigenvalue weighted by molar-refractivity contribution is 6.03. The molecule has 0 aliphatic heterocycles. The summed E-state index contributed by atoms with van der Waals surface area (Å²) in [6, 6.07) is 6.19.